The number of nitrogens with zero attached hydrogens (tertiary/aromatic N) is 1. The van der Waals surface area contributed by atoms with Crippen molar-refractivity contribution < 1.29 is 26.4 Å². The topological polar surface area (TPSA) is 66.5 Å². The van der Waals surface area contributed by atoms with E-state index >= 15 is 0 Å². The summed E-state index contributed by atoms with van der Waals surface area (Å²) in [7, 11) is -2.51. The van der Waals surface area contributed by atoms with Crippen LogP contribution >= 0.6 is 11.3 Å². The zero-order chi connectivity index (χ0) is 18.7. The number of nitrogens with one attached hydrogen (secondary N) is 1. The van der Waals surface area contributed by atoms with Gasteiger partial charge in [-0.2, -0.15) is 13.2 Å². The molecule has 0 aliphatic rings. The Morgan fingerprint density at radius 2 is 1.96 bits per heavy atom. The summed E-state index contributed by atoms with van der Waals surface area (Å²) in [5, 5.41) is 1.62. The average molecular weight is 392 g/mol. The molecule has 2 aromatic rings. The fourth-order valence-corrected chi connectivity index (χ4v) is 4.00. The molecule has 0 aliphatic heterocycles. The van der Waals surface area contributed by atoms with Crippen LogP contribution in [0.3, 0.4) is 0 Å². The second-order valence-electron chi connectivity index (χ2n) is 5.21. The molecular formula is C15H15F3N2O3S2. The maximum absolute atomic E-state index is 12.3. The van der Waals surface area contributed by atoms with Gasteiger partial charge in [0.1, 0.15) is 4.21 Å². The average Bonchev–Trinajstić information content (AvgIpc) is 3.06. The molecule has 10 heteroatoms. The molecular weight excluding hydrogens is 377 g/mol. The molecule has 0 unspecified atom stereocenters. The lowest BCUT2D eigenvalue weighted by molar-refractivity contribution is -0.136. The first-order valence-corrected chi connectivity index (χ1v) is 9.43. The van der Waals surface area contributed by atoms with Crippen molar-refractivity contribution in [1.29, 1.82) is 0 Å². The highest BCUT2D eigenvalue weighted by molar-refractivity contribution is 7.94. The molecule has 0 saturated carbocycles. The summed E-state index contributed by atoms with van der Waals surface area (Å²) in [6, 6.07) is 8.64. The quantitative estimate of drug-likeness (QED) is 0.817. The van der Waals surface area contributed by atoms with Gasteiger partial charge in [-0.3, -0.25) is 9.52 Å². The summed E-state index contributed by atoms with van der Waals surface area (Å²) >= 11 is 1.04. The number of anilines is 1. The summed E-state index contributed by atoms with van der Waals surface area (Å²) in [5.74, 6) is -0.624. The first-order chi connectivity index (χ1) is 11.6. The predicted molar refractivity (Wildman–Crippen MR) is 89.2 cm³/mol. The molecule has 1 N–H and O–H groups in total. The van der Waals surface area contributed by atoms with Crippen molar-refractivity contribution in [3.05, 3.63) is 47.3 Å². The van der Waals surface area contributed by atoms with E-state index in [1.807, 2.05) is 0 Å². The molecule has 1 amide bonds. The van der Waals surface area contributed by atoms with E-state index in [1.165, 1.54) is 37.4 Å². The number of thiophene rings is 1. The second kappa shape index (κ2) is 7.44. The van der Waals surface area contributed by atoms with Crippen LogP contribution in [0.4, 0.5) is 18.9 Å². The van der Waals surface area contributed by atoms with Crippen LogP contribution < -0.4 is 4.72 Å². The van der Waals surface area contributed by atoms with Gasteiger partial charge in [-0.1, -0.05) is 12.1 Å². The molecule has 25 heavy (non-hydrogen) atoms. The molecule has 1 heterocycles. The summed E-state index contributed by atoms with van der Waals surface area (Å²) in [5.41, 5.74) is 0.250. The number of halogens is 3. The third-order valence-corrected chi connectivity index (χ3v) is 5.98. The van der Waals surface area contributed by atoms with Crippen molar-refractivity contribution in [1.82, 2.24) is 4.90 Å². The molecule has 0 atom stereocenters. The van der Waals surface area contributed by atoms with Crippen LogP contribution in [-0.2, 0) is 10.0 Å². The van der Waals surface area contributed by atoms with Crippen LogP contribution in [0.2, 0.25) is 0 Å². The minimum atomic E-state index is -4.35. The van der Waals surface area contributed by atoms with Gasteiger partial charge >= 0.3 is 6.18 Å². The van der Waals surface area contributed by atoms with Crippen LogP contribution in [0.25, 0.3) is 0 Å². The summed E-state index contributed by atoms with van der Waals surface area (Å²) in [6.45, 7) is -0.479. The third kappa shape index (κ3) is 5.46. The molecule has 5 nitrogen and oxygen atoms in total. The maximum atomic E-state index is 12.3. The highest BCUT2D eigenvalue weighted by Crippen LogP contribution is 2.22. The highest BCUT2D eigenvalue weighted by atomic mass is 32.2. The van der Waals surface area contributed by atoms with Crippen LogP contribution in [0.1, 0.15) is 16.8 Å². The SMILES string of the molecule is CN(CCC(F)(F)F)C(=O)c1cccc(NS(=O)(=O)c2cccs2)c1. The highest BCUT2D eigenvalue weighted by Gasteiger charge is 2.28. The van der Waals surface area contributed by atoms with E-state index in [0.29, 0.717) is 0 Å². The molecule has 0 spiro atoms. The molecule has 2 rings (SSSR count). The van der Waals surface area contributed by atoms with Gasteiger partial charge in [0.25, 0.3) is 15.9 Å². The summed E-state index contributed by atoms with van der Waals surface area (Å²) in [6.07, 6.45) is -5.47. The van der Waals surface area contributed by atoms with Gasteiger partial charge in [0, 0.05) is 24.8 Å². The zero-order valence-electron chi connectivity index (χ0n) is 13.1. The van der Waals surface area contributed by atoms with Crippen molar-refractivity contribution in [2.45, 2.75) is 16.8 Å². The second-order valence-corrected chi connectivity index (χ2v) is 8.07. The molecule has 0 radical (unpaired) electrons. The fraction of sp³-hybridized carbons (Fsp3) is 0.267. The predicted octanol–water partition coefficient (Wildman–Crippen LogP) is 3.57. The molecule has 1 aromatic carbocycles. The van der Waals surface area contributed by atoms with Crippen molar-refractivity contribution in [3.8, 4) is 0 Å². The van der Waals surface area contributed by atoms with E-state index in [0.717, 1.165) is 16.2 Å². The normalized spacial score (nSPS) is 12.0. The lowest BCUT2D eigenvalue weighted by atomic mass is 10.2. The van der Waals surface area contributed by atoms with Crippen LogP contribution in [0.5, 0.6) is 0 Å². The minimum Gasteiger partial charge on any atom is -0.341 e. The Morgan fingerprint density at radius 1 is 1.24 bits per heavy atom. The Morgan fingerprint density at radius 3 is 2.56 bits per heavy atom. The van der Waals surface area contributed by atoms with Gasteiger partial charge in [0.15, 0.2) is 0 Å². The van der Waals surface area contributed by atoms with Crippen molar-refractivity contribution in [2.24, 2.45) is 0 Å². The first-order valence-electron chi connectivity index (χ1n) is 7.07. The Labute approximate surface area is 147 Å². The van der Waals surface area contributed by atoms with Gasteiger partial charge in [-0.25, -0.2) is 8.42 Å². The number of carbonyl (C=O) groups excluding carboxylic acids is 1. The number of carbonyl (C=O) groups is 1. The molecule has 136 valence electrons. The first kappa shape index (κ1) is 19.3. The van der Waals surface area contributed by atoms with Crippen molar-refractivity contribution >= 4 is 33.0 Å². The number of alkyl halides is 3. The van der Waals surface area contributed by atoms with E-state index in [-0.39, 0.29) is 15.5 Å². The van der Waals surface area contributed by atoms with Crippen LogP contribution in [-0.4, -0.2) is 39.0 Å². The van der Waals surface area contributed by atoms with Gasteiger partial charge in [0.2, 0.25) is 0 Å². The van der Waals surface area contributed by atoms with E-state index < -0.39 is 35.1 Å². The molecule has 0 bridgehead atoms. The zero-order valence-corrected chi connectivity index (χ0v) is 14.7. The van der Waals surface area contributed by atoms with Crippen molar-refractivity contribution in [2.75, 3.05) is 18.3 Å². The maximum Gasteiger partial charge on any atom is 0.390 e. The number of sulfonamides is 1. The Balaban J connectivity index is 2.12. The lowest BCUT2D eigenvalue weighted by Crippen LogP contribution is -2.30. The standard InChI is InChI=1S/C15H15F3N2O3S2/c1-20(8-7-15(16,17)18)14(21)11-4-2-5-12(10-11)19-25(22,23)13-6-3-9-24-13/h2-6,9-10,19H,7-8H2,1H3. The fourth-order valence-electron chi connectivity index (χ4n) is 1.95. The number of amides is 1. The Bertz CT molecular complexity index is 834. The van der Waals surface area contributed by atoms with E-state index in [2.05, 4.69) is 4.72 Å². The van der Waals surface area contributed by atoms with Crippen molar-refractivity contribution in [3.63, 3.8) is 0 Å². The van der Waals surface area contributed by atoms with Gasteiger partial charge < -0.3 is 4.90 Å². The van der Waals surface area contributed by atoms with Crippen LogP contribution in [0, 0.1) is 0 Å². The van der Waals surface area contributed by atoms with Gasteiger partial charge in [-0.15, -0.1) is 11.3 Å². The summed E-state index contributed by atoms with van der Waals surface area (Å²) in [4.78, 5) is 13.1. The lowest BCUT2D eigenvalue weighted by Gasteiger charge is -2.18. The monoisotopic (exact) mass is 392 g/mol. The smallest absolute Gasteiger partial charge is 0.341 e. The van der Waals surface area contributed by atoms with Gasteiger partial charge in [-0.05, 0) is 29.6 Å². The minimum absolute atomic E-state index is 0.0936. The third-order valence-electron chi connectivity index (χ3n) is 3.20. The molecule has 1 aromatic heterocycles. The largest absolute Gasteiger partial charge is 0.390 e. The van der Waals surface area contributed by atoms with E-state index in [9.17, 15) is 26.4 Å². The Hall–Kier alpha value is -2.07. The van der Waals surface area contributed by atoms with Crippen LogP contribution in [0.15, 0.2) is 46.0 Å². The molecule has 0 aliphatic carbocycles. The number of rotatable bonds is 6. The molecule has 0 fully saturated rings. The van der Waals surface area contributed by atoms with E-state index in [1.54, 1.807) is 11.4 Å². The summed E-state index contributed by atoms with van der Waals surface area (Å²) < 4.78 is 63.6. The number of hydrogen-bond acceptors (Lipinski definition) is 4. The number of benzene rings is 1. The van der Waals surface area contributed by atoms with E-state index in [4.69, 9.17) is 0 Å². The van der Waals surface area contributed by atoms with Gasteiger partial charge in [0.05, 0.1) is 6.42 Å². The Kier molecular flexibility index (Phi) is 5.73. The number of hydrogen-bond donors (Lipinski definition) is 1. The molecule has 0 saturated heterocycles.